The Kier molecular flexibility index (Phi) is 6.05. The molecule has 0 heterocycles. The van der Waals surface area contributed by atoms with Crippen molar-refractivity contribution >= 4 is 11.7 Å². The number of likely N-dealkylation sites (N-methyl/N-ethyl adjacent to an activating group) is 1. The van der Waals surface area contributed by atoms with Gasteiger partial charge in [-0.15, -0.1) is 0 Å². The summed E-state index contributed by atoms with van der Waals surface area (Å²) in [7, 11) is 1.73. The maximum absolute atomic E-state index is 12.8. The third kappa shape index (κ3) is 5.26. The second-order valence-electron chi connectivity index (χ2n) is 6.18. The molecule has 1 fully saturated rings. The molecule has 0 saturated heterocycles. The minimum atomic E-state index is -4.96. The maximum atomic E-state index is 12.8. The van der Waals surface area contributed by atoms with E-state index in [1.807, 2.05) is 0 Å². The lowest BCUT2D eigenvalue weighted by Gasteiger charge is -2.31. The summed E-state index contributed by atoms with van der Waals surface area (Å²) in [4.78, 5) is 12.1. The molecule has 0 bridgehead atoms. The highest BCUT2D eigenvalue weighted by Crippen LogP contribution is 2.37. The van der Waals surface area contributed by atoms with Crippen molar-refractivity contribution in [3.8, 4) is 0 Å². The fraction of sp³-hybridized carbons (Fsp3) is 0.562. The number of carbonyl (C=O) groups is 1. The SMILES string of the molecule is CNC1CCCC[C@H]1NC(=O)Nc1cc(C(F)(F)F)cc(C(F)(F)F)c1. The first kappa shape index (κ1) is 20.3. The van der Waals surface area contributed by atoms with Crippen LogP contribution in [0.3, 0.4) is 0 Å². The second kappa shape index (κ2) is 7.73. The fourth-order valence-corrected chi connectivity index (χ4v) is 3.01. The molecule has 0 spiro atoms. The molecular weight excluding hydrogens is 364 g/mol. The third-order valence-electron chi connectivity index (χ3n) is 4.30. The molecular formula is C16H19F6N3O. The summed E-state index contributed by atoms with van der Waals surface area (Å²) in [5, 5.41) is 7.73. The topological polar surface area (TPSA) is 53.2 Å². The normalized spacial score (nSPS) is 21.3. The summed E-state index contributed by atoms with van der Waals surface area (Å²) in [6, 6.07) is -0.120. The maximum Gasteiger partial charge on any atom is 0.416 e. The zero-order chi connectivity index (χ0) is 19.5. The number of alkyl halides is 6. The van der Waals surface area contributed by atoms with Gasteiger partial charge in [0.2, 0.25) is 0 Å². The van der Waals surface area contributed by atoms with Crippen LogP contribution in [-0.2, 0) is 12.4 Å². The molecule has 1 aliphatic carbocycles. The monoisotopic (exact) mass is 383 g/mol. The van der Waals surface area contributed by atoms with Gasteiger partial charge in [0, 0.05) is 17.8 Å². The van der Waals surface area contributed by atoms with Gasteiger partial charge in [-0.3, -0.25) is 0 Å². The minimum absolute atomic E-state index is 0.00162. The van der Waals surface area contributed by atoms with Gasteiger partial charge >= 0.3 is 18.4 Å². The van der Waals surface area contributed by atoms with Crippen molar-refractivity contribution in [2.45, 2.75) is 50.1 Å². The van der Waals surface area contributed by atoms with E-state index in [1.165, 1.54) is 0 Å². The summed E-state index contributed by atoms with van der Waals surface area (Å²) in [6.45, 7) is 0. The summed E-state index contributed by atoms with van der Waals surface area (Å²) in [6.07, 6.45) is -6.57. The van der Waals surface area contributed by atoms with Crippen LogP contribution in [0.25, 0.3) is 0 Å². The first-order valence-corrected chi connectivity index (χ1v) is 8.05. The molecule has 2 amide bonds. The highest BCUT2D eigenvalue weighted by Gasteiger charge is 2.37. The van der Waals surface area contributed by atoms with E-state index in [-0.39, 0.29) is 18.2 Å². The lowest BCUT2D eigenvalue weighted by Crippen LogP contribution is -2.51. The molecule has 0 aromatic heterocycles. The van der Waals surface area contributed by atoms with Crippen molar-refractivity contribution in [3.63, 3.8) is 0 Å². The molecule has 0 radical (unpaired) electrons. The molecule has 1 aromatic rings. The Bertz CT molecular complexity index is 612. The summed E-state index contributed by atoms with van der Waals surface area (Å²) >= 11 is 0. The first-order valence-electron chi connectivity index (χ1n) is 8.05. The van der Waals surface area contributed by atoms with Gasteiger partial charge in [0.1, 0.15) is 0 Å². The van der Waals surface area contributed by atoms with Crippen LogP contribution in [-0.4, -0.2) is 25.2 Å². The second-order valence-corrected chi connectivity index (χ2v) is 6.18. The van der Waals surface area contributed by atoms with Gasteiger partial charge in [0.25, 0.3) is 0 Å². The van der Waals surface area contributed by atoms with Crippen molar-refractivity contribution in [2.24, 2.45) is 0 Å². The number of carbonyl (C=O) groups excluding carboxylic acids is 1. The Hall–Kier alpha value is -1.97. The van der Waals surface area contributed by atoms with E-state index in [1.54, 1.807) is 7.05 Å². The van der Waals surface area contributed by atoms with E-state index in [0.29, 0.717) is 18.6 Å². The molecule has 3 N–H and O–H groups in total. The van der Waals surface area contributed by atoms with E-state index in [4.69, 9.17) is 0 Å². The van der Waals surface area contributed by atoms with E-state index in [2.05, 4.69) is 16.0 Å². The van der Waals surface area contributed by atoms with E-state index >= 15 is 0 Å². The highest BCUT2D eigenvalue weighted by atomic mass is 19.4. The molecule has 1 saturated carbocycles. The van der Waals surface area contributed by atoms with Gasteiger partial charge < -0.3 is 16.0 Å². The van der Waals surface area contributed by atoms with Gasteiger partial charge in [0.15, 0.2) is 0 Å². The first-order chi connectivity index (χ1) is 12.0. The molecule has 1 aromatic carbocycles. The summed E-state index contributed by atoms with van der Waals surface area (Å²) in [5.74, 6) is 0. The zero-order valence-electron chi connectivity index (χ0n) is 13.9. The summed E-state index contributed by atoms with van der Waals surface area (Å²) < 4.78 is 77.0. The average molecular weight is 383 g/mol. The fourth-order valence-electron chi connectivity index (χ4n) is 3.01. The van der Waals surface area contributed by atoms with E-state index < -0.39 is 35.2 Å². The van der Waals surface area contributed by atoms with Crippen LogP contribution in [0, 0.1) is 0 Å². The molecule has 10 heteroatoms. The van der Waals surface area contributed by atoms with Gasteiger partial charge in [0.05, 0.1) is 11.1 Å². The van der Waals surface area contributed by atoms with Gasteiger partial charge in [-0.05, 0) is 38.1 Å². The Morgan fingerprint density at radius 1 is 0.923 bits per heavy atom. The van der Waals surface area contributed by atoms with Gasteiger partial charge in [-0.1, -0.05) is 12.8 Å². The van der Waals surface area contributed by atoms with E-state index in [0.717, 1.165) is 19.3 Å². The molecule has 146 valence electrons. The van der Waals surface area contributed by atoms with Gasteiger partial charge in [-0.25, -0.2) is 4.79 Å². The lowest BCUT2D eigenvalue weighted by molar-refractivity contribution is -0.143. The Morgan fingerprint density at radius 3 is 1.88 bits per heavy atom. The molecule has 1 aliphatic rings. The van der Waals surface area contributed by atoms with Crippen molar-refractivity contribution < 1.29 is 31.1 Å². The van der Waals surface area contributed by atoms with Crippen LogP contribution in [0.4, 0.5) is 36.8 Å². The van der Waals surface area contributed by atoms with Crippen molar-refractivity contribution in [3.05, 3.63) is 29.3 Å². The average Bonchev–Trinajstić information content (AvgIpc) is 2.53. The van der Waals surface area contributed by atoms with Crippen LogP contribution in [0.15, 0.2) is 18.2 Å². The number of halogens is 6. The number of urea groups is 1. The van der Waals surface area contributed by atoms with Crippen molar-refractivity contribution in [2.75, 3.05) is 12.4 Å². The predicted octanol–water partition coefficient (Wildman–Crippen LogP) is 4.38. The smallest absolute Gasteiger partial charge is 0.334 e. The minimum Gasteiger partial charge on any atom is -0.334 e. The third-order valence-corrected chi connectivity index (χ3v) is 4.30. The Balaban J connectivity index is 2.18. The number of hydrogen-bond donors (Lipinski definition) is 3. The molecule has 2 rings (SSSR count). The highest BCUT2D eigenvalue weighted by molar-refractivity contribution is 5.89. The number of rotatable bonds is 3. The molecule has 26 heavy (non-hydrogen) atoms. The van der Waals surface area contributed by atoms with Crippen LogP contribution < -0.4 is 16.0 Å². The predicted molar refractivity (Wildman–Crippen MR) is 83.7 cm³/mol. The van der Waals surface area contributed by atoms with Crippen LogP contribution in [0.2, 0.25) is 0 Å². The largest absolute Gasteiger partial charge is 0.416 e. The quantitative estimate of drug-likeness (QED) is 0.679. The van der Waals surface area contributed by atoms with Crippen LogP contribution in [0.5, 0.6) is 0 Å². The Morgan fingerprint density at radius 2 is 1.42 bits per heavy atom. The molecule has 4 nitrogen and oxygen atoms in total. The Labute approximate surface area is 146 Å². The van der Waals surface area contributed by atoms with Crippen LogP contribution >= 0.6 is 0 Å². The van der Waals surface area contributed by atoms with Crippen molar-refractivity contribution in [1.29, 1.82) is 0 Å². The number of benzene rings is 1. The lowest BCUT2D eigenvalue weighted by atomic mass is 9.90. The number of hydrogen-bond acceptors (Lipinski definition) is 2. The number of amides is 2. The molecule has 2 atom stereocenters. The molecule has 1 unspecified atom stereocenters. The van der Waals surface area contributed by atoms with Crippen molar-refractivity contribution in [1.82, 2.24) is 10.6 Å². The van der Waals surface area contributed by atoms with Gasteiger partial charge in [-0.2, -0.15) is 26.3 Å². The van der Waals surface area contributed by atoms with Crippen LogP contribution in [0.1, 0.15) is 36.8 Å². The summed E-state index contributed by atoms with van der Waals surface area (Å²) in [5.41, 5.74) is -3.52. The standard InChI is InChI=1S/C16H19F6N3O/c1-23-12-4-2-3-5-13(12)25-14(26)24-11-7-9(15(17,18)19)6-10(8-11)16(20,21)22/h6-8,12-13,23H,2-5H2,1H3,(H2,24,25,26)/t12?,13-/m1/s1. The molecule has 0 aliphatic heterocycles. The zero-order valence-corrected chi connectivity index (χ0v) is 13.9. The number of nitrogens with one attached hydrogen (secondary N) is 3. The van der Waals surface area contributed by atoms with E-state index in [9.17, 15) is 31.1 Å². The number of anilines is 1.